The molecule has 2 rings (SSSR count). The molecule has 0 saturated carbocycles. The van der Waals surface area contributed by atoms with Gasteiger partial charge in [-0.2, -0.15) is 0 Å². The largest absolute Gasteiger partial charge is 0.491 e. The van der Waals surface area contributed by atoms with Crippen LogP contribution in [-0.4, -0.2) is 43.3 Å². The van der Waals surface area contributed by atoms with E-state index in [1.165, 1.54) is 0 Å². The summed E-state index contributed by atoms with van der Waals surface area (Å²) >= 11 is 5.22. The van der Waals surface area contributed by atoms with E-state index in [1.807, 2.05) is 13.8 Å². The molecule has 2 aromatic rings. The topological polar surface area (TPSA) is 88.7 Å². The van der Waals surface area contributed by atoms with Crippen molar-refractivity contribution < 1.29 is 19.1 Å². The van der Waals surface area contributed by atoms with Gasteiger partial charge in [-0.3, -0.25) is 14.9 Å². The molecule has 0 spiro atoms. The maximum Gasteiger partial charge on any atom is 0.257 e. The van der Waals surface area contributed by atoms with Gasteiger partial charge in [-0.1, -0.05) is 13.0 Å². The molecular formula is C22H27N3O4S. The average Bonchev–Trinajstić information content (AvgIpc) is 2.74. The molecule has 8 heteroatoms. The van der Waals surface area contributed by atoms with Gasteiger partial charge in [0.1, 0.15) is 12.4 Å². The summed E-state index contributed by atoms with van der Waals surface area (Å²) in [4.78, 5) is 24.6. The highest BCUT2D eigenvalue weighted by Gasteiger charge is 2.11. The number of anilines is 1. The van der Waals surface area contributed by atoms with Crippen LogP contribution in [0.25, 0.3) is 0 Å². The number of hydrogen-bond donors (Lipinski definition) is 3. The van der Waals surface area contributed by atoms with Crippen molar-refractivity contribution in [1.29, 1.82) is 0 Å². The number of thiocarbonyl (C=S) groups is 1. The Kier molecular flexibility index (Phi) is 9.24. The third-order valence-electron chi connectivity index (χ3n) is 4.27. The summed E-state index contributed by atoms with van der Waals surface area (Å²) in [5.74, 6) is 0.147. The number of carbonyl (C=O) groups is 2. The first-order valence-corrected chi connectivity index (χ1v) is 10.1. The van der Waals surface area contributed by atoms with Crippen LogP contribution in [0.4, 0.5) is 5.69 Å². The van der Waals surface area contributed by atoms with E-state index in [0.717, 1.165) is 6.42 Å². The first-order chi connectivity index (χ1) is 14.4. The van der Waals surface area contributed by atoms with E-state index in [4.69, 9.17) is 21.7 Å². The van der Waals surface area contributed by atoms with E-state index in [0.29, 0.717) is 35.8 Å². The van der Waals surface area contributed by atoms with E-state index in [1.54, 1.807) is 55.6 Å². The van der Waals surface area contributed by atoms with Gasteiger partial charge in [-0.25, -0.2) is 0 Å². The molecule has 3 N–H and O–H groups in total. The number of amides is 2. The van der Waals surface area contributed by atoms with Crippen LogP contribution in [-0.2, 0) is 4.74 Å². The van der Waals surface area contributed by atoms with Crippen LogP contribution >= 0.6 is 12.2 Å². The monoisotopic (exact) mass is 429 g/mol. The van der Waals surface area contributed by atoms with Crippen LogP contribution in [0.5, 0.6) is 5.75 Å². The minimum Gasteiger partial charge on any atom is -0.491 e. The fourth-order valence-corrected chi connectivity index (χ4v) is 2.64. The number of methoxy groups -OCH3 is 1. The van der Waals surface area contributed by atoms with Gasteiger partial charge in [-0.05, 0) is 68.0 Å². The predicted molar refractivity (Wildman–Crippen MR) is 121 cm³/mol. The Balaban J connectivity index is 1.91. The lowest BCUT2D eigenvalue weighted by Gasteiger charge is -2.13. The molecule has 1 unspecified atom stereocenters. The van der Waals surface area contributed by atoms with Gasteiger partial charge >= 0.3 is 0 Å². The predicted octanol–water partition coefficient (Wildman–Crippen LogP) is 3.37. The summed E-state index contributed by atoms with van der Waals surface area (Å²) in [6.45, 7) is 4.88. The first-order valence-electron chi connectivity index (χ1n) is 9.68. The molecule has 0 heterocycles. The van der Waals surface area contributed by atoms with Crippen molar-refractivity contribution in [2.24, 2.45) is 0 Å². The molecule has 7 nitrogen and oxygen atoms in total. The fraction of sp³-hybridized carbons (Fsp3) is 0.318. The minimum atomic E-state index is -0.346. The second-order valence-electron chi connectivity index (χ2n) is 6.64. The molecule has 0 fully saturated rings. The number of benzene rings is 2. The van der Waals surface area contributed by atoms with Gasteiger partial charge in [0.05, 0.1) is 6.61 Å². The van der Waals surface area contributed by atoms with Gasteiger partial charge in [0.25, 0.3) is 11.8 Å². The first kappa shape index (κ1) is 23.3. The van der Waals surface area contributed by atoms with E-state index in [-0.39, 0.29) is 23.0 Å². The molecule has 0 aliphatic heterocycles. The van der Waals surface area contributed by atoms with Crippen LogP contribution in [0.15, 0.2) is 48.5 Å². The van der Waals surface area contributed by atoms with Gasteiger partial charge in [0.15, 0.2) is 5.11 Å². The summed E-state index contributed by atoms with van der Waals surface area (Å²) in [7, 11) is 1.60. The summed E-state index contributed by atoms with van der Waals surface area (Å²) < 4.78 is 10.4. The highest BCUT2D eigenvalue weighted by molar-refractivity contribution is 7.80. The van der Waals surface area contributed by atoms with Crippen molar-refractivity contribution in [1.82, 2.24) is 10.6 Å². The molecule has 0 radical (unpaired) electrons. The second-order valence-corrected chi connectivity index (χ2v) is 7.05. The Labute approximate surface area is 182 Å². The minimum absolute atomic E-state index is 0.0891. The van der Waals surface area contributed by atoms with Crippen LogP contribution < -0.4 is 20.7 Å². The molecule has 0 bridgehead atoms. The maximum absolute atomic E-state index is 12.4. The van der Waals surface area contributed by atoms with Crippen molar-refractivity contribution in [2.45, 2.75) is 26.3 Å². The van der Waals surface area contributed by atoms with Crippen LogP contribution in [0.1, 0.15) is 41.0 Å². The second kappa shape index (κ2) is 11.9. The Bertz CT molecular complexity index is 871. The Hall–Kier alpha value is -2.97. The fourth-order valence-electron chi connectivity index (χ4n) is 2.43. The summed E-state index contributed by atoms with van der Waals surface area (Å²) in [5.41, 5.74) is 1.57. The molecular weight excluding hydrogens is 402 g/mol. The molecule has 0 aliphatic rings. The summed E-state index contributed by atoms with van der Waals surface area (Å²) in [6, 6.07) is 13.7. The van der Waals surface area contributed by atoms with E-state index in [9.17, 15) is 9.59 Å². The van der Waals surface area contributed by atoms with E-state index < -0.39 is 0 Å². The van der Waals surface area contributed by atoms with E-state index >= 15 is 0 Å². The lowest BCUT2D eigenvalue weighted by atomic mass is 10.1. The SMILES string of the molecule is CCC(C)NC(=O)c1cccc(NC(=S)NC(=O)c2ccc(OCCOC)cc2)c1. The average molecular weight is 430 g/mol. The number of ether oxygens (including phenoxy) is 2. The van der Waals surface area contributed by atoms with Crippen molar-refractivity contribution in [3.05, 3.63) is 59.7 Å². The smallest absolute Gasteiger partial charge is 0.257 e. The zero-order valence-electron chi connectivity index (χ0n) is 17.4. The molecule has 2 amide bonds. The third-order valence-corrected chi connectivity index (χ3v) is 4.48. The molecule has 1 atom stereocenters. The molecule has 160 valence electrons. The van der Waals surface area contributed by atoms with Crippen molar-refractivity contribution in [3.8, 4) is 5.75 Å². The van der Waals surface area contributed by atoms with Crippen molar-refractivity contribution in [2.75, 3.05) is 25.6 Å². The van der Waals surface area contributed by atoms with Crippen molar-refractivity contribution in [3.63, 3.8) is 0 Å². The van der Waals surface area contributed by atoms with Crippen LogP contribution in [0.2, 0.25) is 0 Å². The number of rotatable bonds is 9. The Morgan fingerprint density at radius 1 is 1.03 bits per heavy atom. The van der Waals surface area contributed by atoms with Gasteiger partial charge in [0, 0.05) is 30.0 Å². The highest BCUT2D eigenvalue weighted by atomic mass is 32.1. The molecule has 30 heavy (non-hydrogen) atoms. The van der Waals surface area contributed by atoms with Crippen molar-refractivity contribution >= 4 is 34.8 Å². The molecule has 0 saturated heterocycles. The van der Waals surface area contributed by atoms with Gasteiger partial charge < -0.3 is 20.1 Å². The quantitative estimate of drug-likeness (QED) is 0.418. The third kappa shape index (κ3) is 7.46. The van der Waals surface area contributed by atoms with Crippen LogP contribution in [0.3, 0.4) is 0 Å². The standard InChI is InChI=1S/C22H27N3O4S/c1-4-15(2)23-21(27)17-6-5-7-18(14-17)24-22(30)25-20(26)16-8-10-19(11-9-16)29-13-12-28-3/h5-11,14-15H,4,12-13H2,1-3H3,(H,23,27)(H2,24,25,26,30). The molecule has 0 aliphatic carbocycles. The highest BCUT2D eigenvalue weighted by Crippen LogP contribution is 2.13. The van der Waals surface area contributed by atoms with Crippen LogP contribution in [0, 0.1) is 0 Å². The Morgan fingerprint density at radius 3 is 2.43 bits per heavy atom. The zero-order chi connectivity index (χ0) is 21.9. The Morgan fingerprint density at radius 2 is 1.77 bits per heavy atom. The lowest BCUT2D eigenvalue weighted by Crippen LogP contribution is -2.34. The summed E-state index contributed by atoms with van der Waals surface area (Å²) in [5, 5.41) is 8.61. The number of carbonyl (C=O) groups excluding carboxylic acids is 2. The zero-order valence-corrected chi connectivity index (χ0v) is 18.2. The van der Waals surface area contributed by atoms with Gasteiger partial charge in [-0.15, -0.1) is 0 Å². The normalized spacial score (nSPS) is 11.3. The van der Waals surface area contributed by atoms with Gasteiger partial charge in [0.2, 0.25) is 0 Å². The summed E-state index contributed by atoms with van der Waals surface area (Å²) in [6.07, 6.45) is 0.847. The van der Waals surface area contributed by atoms with E-state index in [2.05, 4.69) is 16.0 Å². The number of hydrogen-bond acceptors (Lipinski definition) is 5. The lowest BCUT2D eigenvalue weighted by molar-refractivity contribution is 0.0937. The molecule has 2 aromatic carbocycles. The molecule has 0 aromatic heterocycles. The maximum atomic E-state index is 12.4. The number of nitrogens with one attached hydrogen (secondary N) is 3.